The van der Waals surface area contributed by atoms with Crippen LogP contribution in [0, 0.1) is 0 Å². The summed E-state index contributed by atoms with van der Waals surface area (Å²) >= 11 is 0. The fraction of sp³-hybridized carbons (Fsp3) is 0.273. The molecule has 1 rings (SSSR count). The minimum absolute atomic E-state index is 0.0429. The molecule has 0 atom stereocenters. The van der Waals surface area contributed by atoms with Crippen molar-refractivity contribution >= 4 is 5.69 Å². The Bertz CT molecular complexity index is 336. The summed E-state index contributed by atoms with van der Waals surface area (Å²) in [4.78, 5) is 0. The maximum absolute atomic E-state index is 9.47. The van der Waals surface area contributed by atoms with E-state index >= 15 is 0 Å². The maximum Gasteiger partial charge on any atom is 0.186 e. The zero-order valence-electron chi connectivity index (χ0n) is 8.86. The Morgan fingerprint density at radius 2 is 2.13 bits per heavy atom. The van der Waals surface area contributed by atoms with Crippen molar-refractivity contribution in [3.8, 4) is 5.75 Å². The molecule has 0 fully saturated rings. The van der Waals surface area contributed by atoms with Crippen LogP contribution in [0.1, 0.15) is 0 Å². The Balaban J connectivity index is 2.71. The van der Waals surface area contributed by atoms with E-state index in [4.69, 9.17) is 9.47 Å². The molecule has 0 saturated carbocycles. The first-order chi connectivity index (χ1) is 7.27. The predicted octanol–water partition coefficient (Wildman–Crippen LogP) is 2.15. The summed E-state index contributed by atoms with van der Waals surface area (Å²) in [6.07, 6.45) is 1.53. The molecule has 0 spiro atoms. The van der Waals surface area contributed by atoms with E-state index in [1.54, 1.807) is 14.2 Å². The summed E-state index contributed by atoms with van der Waals surface area (Å²) < 4.78 is 9.92. The number of ether oxygens (including phenoxy) is 2. The third-order valence-electron chi connectivity index (χ3n) is 1.81. The Labute approximate surface area is 89.1 Å². The number of rotatable bonds is 5. The van der Waals surface area contributed by atoms with Gasteiger partial charge in [0, 0.05) is 13.2 Å². The highest BCUT2D eigenvalue weighted by Crippen LogP contribution is 2.23. The van der Waals surface area contributed by atoms with Crippen molar-refractivity contribution in [1.82, 2.24) is 0 Å². The first kappa shape index (κ1) is 11.4. The molecule has 0 radical (unpaired) electrons. The molecule has 0 aliphatic heterocycles. The molecule has 82 valence electrons. The van der Waals surface area contributed by atoms with E-state index in [9.17, 15) is 5.11 Å². The number of aliphatic hydroxyl groups excluding tert-OH is 1. The van der Waals surface area contributed by atoms with E-state index in [0.29, 0.717) is 18.0 Å². The number of hydrogen-bond acceptors (Lipinski definition) is 4. The number of aliphatic hydroxyl groups is 1. The quantitative estimate of drug-likeness (QED) is 0.729. The van der Waals surface area contributed by atoms with Crippen molar-refractivity contribution in [2.45, 2.75) is 0 Å². The van der Waals surface area contributed by atoms with Gasteiger partial charge in [-0.2, -0.15) is 0 Å². The largest absolute Gasteiger partial charge is 0.495 e. The molecule has 1 aromatic carbocycles. The fourth-order valence-corrected chi connectivity index (χ4v) is 1.10. The molecule has 1 aromatic rings. The topological polar surface area (TPSA) is 50.7 Å². The van der Waals surface area contributed by atoms with Crippen molar-refractivity contribution < 1.29 is 14.6 Å². The van der Waals surface area contributed by atoms with Gasteiger partial charge in [-0.15, -0.1) is 0 Å². The molecule has 0 bridgehead atoms. The summed E-state index contributed by atoms with van der Waals surface area (Å²) in [5, 5.41) is 12.3. The van der Waals surface area contributed by atoms with Crippen LogP contribution < -0.4 is 10.1 Å². The second kappa shape index (κ2) is 5.93. The monoisotopic (exact) mass is 209 g/mol. The lowest BCUT2D eigenvalue weighted by molar-refractivity contribution is 0.229. The van der Waals surface area contributed by atoms with E-state index in [1.165, 1.54) is 6.08 Å². The minimum Gasteiger partial charge on any atom is -0.495 e. The van der Waals surface area contributed by atoms with Gasteiger partial charge in [-0.05, 0) is 12.1 Å². The summed E-state index contributed by atoms with van der Waals surface area (Å²) in [5.41, 5.74) is 0.713. The average molecular weight is 209 g/mol. The lowest BCUT2D eigenvalue weighted by Gasteiger charge is -2.09. The van der Waals surface area contributed by atoms with Crippen LogP contribution in [0.5, 0.6) is 5.75 Å². The van der Waals surface area contributed by atoms with Crippen LogP contribution in [0.2, 0.25) is 0 Å². The molecule has 15 heavy (non-hydrogen) atoms. The first-order valence-electron chi connectivity index (χ1n) is 4.56. The maximum atomic E-state index is 9.47. The van der Waals surface area contributed by atoms with Gasteiger partial charge in [-0.1, -0.05) is 12.1 Å². The van der Waals surface area contributed by atoms with Crippen molar-refractivity contribution in [1.29, 1.82) is 0 Å². The van der Waals surface area contributed by atoms with Crippen molar-refractivity contribution in [2.75, 3.05) is 26.1 Å². The number of benzene rings is 1. The fourth-order valence-electron chi connectivity index (χ4n) is 1.10. The van der Waals surface area contributed by atoms with Crippen molar-refractivity contribution in [2.24, 2.45) is 0 Å². The second-order valence-corrected chi connectivity index (χ2v) is 2.87. The zero-order chi connectivity index (χ0) is 11.1. The zero-order valence-corrected chi connectivity index (χ0v) is 8.86. The van der Waals surface area contributed by atoms with Crippen LogP contribution in [0.25, 0.3) is 0 Å². The molecule has 0 aliphatic rings. The van der Waals surface area contributed by atoms with Crippen LogP contribution in [-0.2, 0) is 4.74 Å². The van der Waals surface area contributed by atoms with Gasteiger partial charge in [0.25, 0.3) is 0 Å². The third kappa shape index (κ3) is 3.52. The molecule has 4 heteroatoms. The second-order valence-electron chi connectivity index (χ2n) is 2.87. The van der Waals surface area contributed by atoms with Gasteiger partial charge in [0.05, 0.1) is 19.4 Å². The van der Waals surface area contributed by atoms with Gasteiger partial charge in [0.2, 0.25) is 0 Å². The standard InChI is InChI=1S/C11H15NO3/c1-14-8-7-11(13)12-9-5-3-4-6-10(9)15-2/h3-7,12-13H,8H2,1-2H3/b11-7-. The summed E-state index contributed by atoms with van der Waals surface area (Å²) in [5.74, 6) is 0.719. The molecule has 4 nitrogen and oxygen atoms in total. The van der Waals surface area contributed by atoms with Gasteiger partial charge in [-0.25, -0.2) is 0 Å². The van der Waals surface area contributed by atoms with Gasteiger partial charge in [0.1, 0.15) is 5.75 Å². The number of nitrogens with one attached hydrogen (secondary N) is 1. The molecule has 0 aromatic heterocycles. The van der Waals surface area contributed by atoms with Crippen LogP contribution in [-0.4, -0.2) is 25.9 Å². The van der Waals surface area contributed by atoms with E-state index < -0.39 is 0 Å². The van der Waals surface area contributed by atoms with E-state index in [2.05, 4.69) is 5.32 Å². The molecule has 0 heterocycles. The molecular formula is C11H15NO3. The number of methoxy groups -OCH3 is 2. The molecule has 0 amide bonds. The van der Waals surface area contributed by atoms with Crippen LogP contribution in [0.15, 0.2) is 36.2 Å². The van der Waals surface area contributed by atoms with Gasteiger partial charge in [-0.3, -0.25) is 0 Å². The summed E-state index contributed by atoms with van der Waals surface area (Å²) in [6.45, 7) is 0.355. The molecule has 0 unspecified atom stereocenters. The Hall–Kier alpha value is -1.68. The predicted molar refractivity (Wildman–Crippen MR) is 59.2 cm³/mol. The number of anilines is 1. The van der Waals surface area contributed by atoms with E-state index in [-0.39, 0.29) is 5.88 Å². The lowest BCUT2D eigenvalue weighted by atomic mass is 10.3. The molecular weight excluding hydrogens is 194 g/mol. The van der Waals surface area contributed by atoms with Gasteiger partial charge >= 0.3 is 0 Å². The number of para-hydroxylation sites is 2. The van der Waals surface area contributed by atoms with Crippen molar-refractivity contribution in [3.05, 3.63) is 36.2 Å². The smallest absolute Gasteiger partial charge is 0.186 e. The third-order valence-corrected chi connectivity index (χ3v) is 1.81. The van der Waals surface area contributed by atoms with Crippen molar-refractivity contribution in [3.63, 3.8) is 0 Å². The highest BCUT2D eigenvalue weighted by Gasteiger charge is 2.01. The average Bonchev–Trinajstić information content (AvgIpc) is 2.27. The number of hydrogen-bond donors (Lipinski definition) is 2. The van der Waals surface area contributed by atoms with Crippen LogP contribution >= 0.6 is 0 Å². The highest BCUT2D eigenvalue weighted by molar-refractivity contribution is 5.58. The Morgan fingerprint density at radius 1 is 1.40 bits per heavy atom. The Kier molecular flexibility index (Phi) is 4.50. The molecule has 0 saturated heterocycles. The molecule has 0 aliphatic carbocycles. The van der Waals surface area contributed by atoms with E-state index in [0.717, 1.165) is 0 Å². The normalized spacial score (nSPS) is 11.2. The Morgan fingerprint density at radius 3 is 2.80 bits per heavy atom. The van der Waals surface area contributed by atoms with Gasteiger partial charge < -0.3 is 19.9 Å². The van der Waals surface area contributed by atoms with Gasteiger partial charge in [0.15, 0.2) is 5.88 Å². The summed E-state index contributed by atoms with van der Waals surface area (Å²) in [7, 11) is 3.14. The summed E-state index contributed by atoms with van der Waals surface area (Å²) in [6, 6.07) is 7.34. The van der Waals surface area contributed by atoms with Crippen LogP contribution in [0.4, 0.5) is 5.69 Å². The lowest BCUT2D eigenvalue weighted by Crippen LogP contribution is -2.01. The molecule has 2 N–H and O–H groups in total. The first-order valence-corrected chi connectivity index (χ1v) is 4.56. The van der Waals surface area contributed by atoms with Crippen LogP contribution in [0.3, 0.4) is 0 Å². The minimum atomic E-state index is 0.0429. The highest BCUT2D eigenvalue weighted by atomic mass is 16.5. The SMILES string of the molecule is COC/C=C(\O)Nc1ccccc1OC. The van der Waals surface area contributed by atoms with E-state index in [1.807, 2.05) is 24.3 Å².